The lowest BCUT2D eigenvalue weighted by molar-refractivity contribution is 0.0378. The van der Waals surface area contributed by atoms with Crippen molar-refractivity contribution in [3.05, 3.63) is 0 Å². The Morgan fingerprint density at radius 3 is 2.72 bits per heavy atom. The second-order valence-electron chi connectivity index (χ2n) is 6.28. The van der Waals surface area contributed by atoms with Crippen LogP contribution in [0.4, 0.5) is 0 Å². The molecule has 3 nitrogen and oxygen atoms in total. The summed E-state index contributed by atoms with van der Waals surface area (Å²) < 4.78 is 5.37. The number of morpholine rings is 1. The highest BCUT2D eigenvalue weighted by molar-refractivity contribution is 4.79. The van der Waals surface area contributed by atoms with Crippen LogP contribution in [-0.2, 0) is 4.74 Å². The van der Waals surface area contributed by atoms with Crippen molar-refractivity contribution >= 4 is 0 Å². The van der Waals surface area contributed by atoms with E-state index in [2.05, 4.69) is 24.1 Å². The molecule has 18 heavy (non-hydrogen) atoms. The summed E-state index contributed by atoms with van der Waals surface area (Å²) >= 11 is 0. The number of rotatable bonds is 5. The SMILES string of the molecule is CC(C)C1CCCC(NCCN2CCOCC2)C1. The molecular formula is C15H30N2O. The zero-order valence-electron chi connectivity index (χ0n) is 12.2. The molecule has 0 spiro atoms. The van der Waals surface area contributed by atoms with Crippen LogP contribution in [0.25, 0.3) is 0 Å². The van der Waals surface area contributed by atoms with Crippen molar-refractivity contribution in [2.24, 2.45) is 11.8 Å². The summed E-state index contributed by atoms with van der Waals surface area (Å²) in [5, 5.41) is 3.77. The first-order chi connectivity index (χ1) is 8.75. The molecule has 0 amide bonds. The predicted octanol–water partition coefficient (Wildman–Crippen LogP) is 2.12. The second-order valence-corrected chi connectivity index (χ2v) is 6.28. The average molecular weight is 254 g/mol. The molecule has 1 saturated heterocycles. The molecule has 2 unspecified atom stereocenters. The van der Waals surface area contributed by atoms with Crippen molar-refractivity contribution in [1.29, 1.82) is 0 Å². The first-order valence-corrected chi connectivity index (χ1v) is 7.79. The van der Waals surface area contributed by atoms with Crippen LogP contribution in [0, 0.1) is 11.8 Å². The van der Waals surface area contributed by atoms with Crippen LogP contribution in [0.2, 0.25) is 0 Å². The van der Waals surface area contributed by atoms with Gasteiger partial charge in [0.25, 0.3) is 0 Å². The Hall–Kier alpha value is -0.120. The van der Waals surface area contributed by atoms with Gasteiger partial charge in [-0.25, -0.2) is 0 Å². The van der Waals surface area contributed by atoms with E-state index in [-0.39, 0.29) is 0 Å². The fraction of sp³-hybridized carbons (Fsp3) is 1.00. The molecule has 0 aromatic heterocycles. The minimum Gasteiger partial charge on any atom is -0.379 e. The molecule has 2 atom stereocenters. The van der Waals surface area contributed by atoms with Crippen LogP contribution in [-0.4, -0.2) is 50.3 Å². The number of nitrogens with one attached hydrogen (secondary N) is 1. The normalized spacial score (nSPS) is 30.8. The van der Waals surface area contributed by atoms with E-state index in [1.54, 1.807) is 0 Å². The van der Waals surface area contributed by atoms with Gasteiger partial charge in [-0.2, -0.15) is 0 Å². The molecule has 1 heterocycles. The topological polar surface area (TPSA) is 24.5 Å². The number of nitrogens with zero attached hydrogens (tertiary/aromatic N) is 1. The van der Waals surface area contributed by atoms with Gasteiger partial charge in [0.1, 0.15) is 0 Å². The molecule has 0 aromatic rings. The molecule has 0 radical (unpaired) electrons. The Bertz CT molecular complexity index is 227. The van der Waals surface area contributed by atoms with Gasteiger partial charge in [0.05, 0.1) is 13.2 Å². The van der Waals surface area contributed by atoms with Crippen molar-refractivity contribution in [3.8, 4) is 0 Å². The zero-order chi connectivity index (χ0) is 12.8. The van der Waals surface area contributed by atoms with E-state index in [4.69, 9.17) is 4.74 Å². The van der Waals surface area contributed by atoms with E-state index in [9.17, 15) is 0 Å². The Labute approximate surface area is 112 Å². The Kier molecular flexibility index (Phi) is 5.93. The summed E-state index contributed by atoms with van der Waals surface area (Å²) in [5.74, 6) is 1.80. The van der Waals surface area contributed by atoms with Gasteiger partial charge in [0, 0.05) is 32.2 Å². The van der Waals surface area contributed by atoms with Crippen LogP contribution < -0.4 is 5.32 Å². The summed E-state index contributed by atoms with van der Waals surface area (Å²) in [4.78, 5) is 2.51. The maximum absolute atomic E-state index is 5.37. The third-order valence-corrected chi connectivity index (χ3v) is 4.62. The van der Waals surface area contributed by atoms with Crippen LogP contribution in [0.3, 0.4) is 0 Å². The molecule has 2 aliphatic rings. The highest BCUT2D eigenvalue weighted by atomic mass is 16.5. The predicted molar refractivity (Wildman–Crippen MR) is 75.8 cm³/mol. The van der Waals surface area contributed by atoms with Crippen molar-refractivity contribution in [2.75, 3.05) is 39.4 Å². The van der Waals surface area contributed by atoms with Crippen molar-refractivity contribution < 1.29 is 4.74 Å². The maximum atomic E-state index is 5.37. The lowest BCUT2D eigenvalue weighted by Crippen LogP contribution is -2.43. The van der Waals surface area contributed by atoms with Gasteiger partial charge in [-0.1, -0.05) is 26.7 Å². The lowest BCUT2D eigenvalue weighted by Gasteiger charge is -2.33. The summed E-state index contributed by atoms with van der Waals surface area (Å²) in [5.41, 5.74) is 0. The van der Waals surface area contributed by atoms with Gasteiger partial charge in [-0.15, -0.1) is 0 Å². The molecular weight excluding hydrogens is 224 g/mol. The molecule has 1 aliphatic carbocycles. The monoisotopic (exact) mass is 254 g/mol. The third-order valence-electron chi connectivity index (χ3n) is 4.62. The van der Waals surface area contributed by atoms with E-state index in [0.29, 0.717) is 0 Å². The van der Waals surface area contributed by atoms with E-state index < -0.39 is 0 Å². The fourth-order valence-corrected chi connectivity index (χ4v) is 3.27. The van der Waals surface area contributed by atoms with Crippen LogP contribution in [0.5, 0.6) is 0 Å². The molecule has 1 aliphatic heterocycles. The molecule has 1 N–H and O–H groups in total. The Balaban J connectivity index is 1.60. The van der Waals surface area contributed by atoms with Crippen molar-refractivity contribution in [1.82, 2.24) is 10.2 Å². The van der Waals surface area contributed by atoms with Gasteiger partial charge in [-0.05, 0) is 24.7 Å². The van der Waals surface area contributed by atoms with E-state index >= 15 is 0 Å². The van der Waals surface area contributed by atoms with E-state index in [0.717, 1.165) is 50.7 Å². The summed E-state index contributed by atoms with van der Waals surface area (Å²) in [6.07, 6.45) is 5.63. The highest BCUT2D eigenvalue weighted by Crippen LogP contribution is 2.29. The van der Waals surface area contributed by atoms with Gasteiger partial charge < -0.3 is 10.1 Å². The lowest BCUT2D eigenvalue weighted by atomic mass is 9.79. The minimum absolute atomic E-state index is 0.771. The average Bonchev–Trinajstić information content (AvgIpc) is 2.40. The maximum Gasteiger partial charge on any atom is 0.0594 e. The summed E-state index contributed by atoms with van der Waals surface area (Å²) in [6, 6.07) is 0.771. The summed E-state index contributed by atoms with van der Waals surface area (Å²) in [6.45, 7) is 11.1. The van der Waals surface area contributed by atoms with Crippen LogP contribution >= 0.6 is 0 Å². The standard InChI is InChI=1S/C15H30N2O/c1-13(2)14-4-3-5-15(12-14)16-6-7-17-8-10-18-11-9-17/h13-16H,3-12H2,1-2H3. The van der Waals surface area contributed by atoms with E-state index in [1.807, 2.05) is 0 Å². The number of hydrogen-bond donors (Lipinski definition) is 1. The first kappa shape index (κ1) is 14.3. The first-order valence-electron chi connectivity index (χ1n) is 7.79. The molecule has 0 aromatic carbocycles. The molecule has 2 rings (SSSR count). The number of hydrogen-bond acceptors (Lipinski definition) is 3. The quantitative estimate of drug-likeness (QED) is 0.813. The molecule has 3 heteroatoms. The van der Waals surface area contributed by atoms with Gasteiger partial charge in [0.15, 0.2) is 0 Å². The smallest absolute Gasteiger partial charge is 0.0594 e. The molecule has 1 saturated carbocycles. The molecule has 2 fully saturated rings. The highest BCUT2D eigenvalue weighted by Gasteiger charge is 2.23. The zero-order valence-corrected chi connectivity index (χ0v) is 12.2. The van der Waals surface area contributed by atoms with E-state index in [1.165, 1.54) is 32.2 Å². The molecule has 0 bridgehead atoms. The van der Waals surface area contributed by atoms with Crippen LogP contribution in [0.1, 0.15) is 39.5 Å². The Morgan fingerprint density at radius 1 is 1.22 bits per heavy atom. The van der Waals surface area contributed by atoms with Crippen LogP contribution in [0.15, 0.2) is 0 Å². The van der Waals surface area contributed by atoms with Gasteiger partial charge >= 0.3 is 0 Å². The van der Waals surface area contributed by atoms with Gasteiger partial charge in [0.2, 0.25) is 0 Å². The van der Waals surface area contributed by atoms with Gasteiger partial charge in [-0.3, -0.25) is 4.90 Å². The summed E-state index contributed by atoms with van der Waals surface area (Å²) in [7, 11) is 0. The third kappa shape index (κ3) is 4.52. The molecule has 106 valence electrons. The second kappa shape index (κ2) is 7.46. The largest absolute Gasteiger partial charge is 0.379 e. The minimum atomic E-state index is 0.771. The number of ether oxygens (including phenoxy) is 1. The van der Waals surface area contributed by atoms with Crippen molar-refractivity contribution in [3.63, 3.8) is 0 Å². The Morgan fingerprint density at radius 2 is 2.00 bits per heavy atom. The fourth-order valence-electron chi connectivity index (χ4n) is 3.27. The van der Waals surface area contributed by atoms with Crippen molar-refractivity contribution in [2.45, 2.75) is 45.6 Å².